The van der Waals surface area contributed by atoms with Crippen LogP contribution in [-0.4, -0.2) is 59.3 Å². The molecule has 3 N–H and O–H groups in total. The summed E-state index contributed by atoms with van der Waals surface area (Å²) in [4.78, 5) is 0. The van der Waals surface area contributed by atoms with Crippen LogP contribution < -0.4 is 15.4 Å². The van der Waals surface area contributed by atoms with Crippen LogP contribution in [0.3, 0.4) is 0 Å². The van der Waals surface area contributed by atoms with Gasteiger partial charge in [-0.25, -0.2) is 0 Å². The van der Waals surface area contributed by atoms with E-state index in [2.05, 4.69) is 30.9 Å². The highest BCUT2D eigenvalue weighted by Crippen LogP contribution is 1.46. The van der Waals surface area contributed by atoms with Crippen LogP contribution in [0.4, 0.5) is 0 Å². The van der Waals surface area contributed by atoms with E-state index in [9.17, 15) is 0 Å². The van der Waals surface area contributed by atoms with Gasteiger partial charge >= 0.3 is 0 Å². The highest BCUT2D eigenvalue weighted by Gasteiger charge is 1.97. The van der Waals surface area contributed by atoms with E-state index in [1.165, 1.54) is 21.2 Å². The van der Waals surface area contributed by atoms with Gasteiger partial charge in [0.1, 0.15) is 0 Å². The van der Waals surface area contributed by atoms with Gasteiger partial charge in [-0.1, -0.05) is 0 Å². The second-order valence-corrected chi connectivity index (χ2v) is 2.63. The lowest BCUT2D eigenvalue weighted by Crippen LogP contribution is -2.55. The van der Waals surface area contributed by atoms with Gasteiger partial charge in [0.05, 0.1) is 15.5 Å². The van der Waals surface area contributed by atoms with Gasteiger partial charge in [-0.2, -0.15) is 0 Å². The van der Waals surface area contributed by atoms with E-state index in [0.717, 1.165) is 22.6 Å². The Kier molecular flexibility index (Phi) is 10.8. The molecular weight excluding hydrogens is 129 g/mol. The Bertz CT molecular complexity index is 48.8. The fourth-order valence-corrected chi connectivity index (χ4v) is 0.806. The lowest BCUT2D eigenvalue weighted by atomic mass is 9.08. The molecule has 0 aromatic rings. The van der Waals surface area contributed by atoms with E-state index in [0.29, 0.717) is 0 Å². The standard InChI is InChI=1S/B5H7.B3H6N3/c1-3-5-4-2;1-4-2-6-3-5-1/h3-5H,1-2H2;1-6H. The third-order valence-corrected chi connectivity index (χ3v) is 1.46. The van der Waals surface area contributed by atoms with Crippen LogP contribution in [0.1, 0.15) is 0 Å². The maximum absolute atomic E-state index is 3.06. The molecule has 1 aliphatic heterocycles. The maximum atomic E-state index is 3.06. The summed E-state index contributed by atoms with van der Waals surface area (Å²) in [5.41, 5.74) is 0. The van der Waals surface area contributed by atoms with Gasteiger partial charge in [0.25, 0.3) is 22.6 Å². The van der Waals surface area contributed by atoms with Crippen LogP contribution in [0, 0.1) is 0 Å². The molecule has 1 fully saturated rings. The molecule has 0 unspecified atom stereocenters. The fourth-order valence-electron chi connectivity index (χ4n) is 0.806. The zero-order valence-corrected chi connectivity index (χ0v) is 7.74. The molecule has 0 saturated carbocycles. The first-order chi connectivity index (χ1) is 5.41. The molecule has 1 rings (SSSR count). The molecular formula is H13B8N3. The highest BCUT2D eigenvalue weighted by molar-refractivity contribution is 7.49. The van der Waals surface area contributed by atoms with Gasteiger partial charge in [-0.3, -0.25) is 0 Å². The first-order valence-corrected chi connectivity index (χ1v) is 4.54. The lowest BCUT2D eigenvalue weighted by molar-refractivity contribution is 1.28. The van der Waals surface area contributed by atoms with Crippen LogP contribution in [0.15, 0.2) is 0 Å². The van der Waals surface area contributed by atoms with Crippen molar-refractivity contribution < 1.29 is 0 Å². The average Bonchev–Trinajstić information content (AvgIpc) is 2.10. The SMILES string of the molecule is B1NBNBN1.BBBBB. The molecule has 0 aromatic heterocycles. The number of hydrogen-bond donors (Lipinski definition) is 3. The molecule has 0 atom stereocenters. The molecule has 0 spiro atoms. The summed E-state index contributed by atoms with van der Waals surface area (Å²) in [7, 11) is 11.3. The molecule has 0 amide bonds. The van der Waals surface area contributed by atoms with Gasteiger partial charge in [0.15, 0.2) is 0 Å². The van der Waals surface area contributed by atoms with Crippen LogP contribution in [0.25, 0.3) is 0 Å². The van der Waals surface area contributed by atoms with Crippen LogP contribution in [0.2, 0.25) is 0 Å². The predicted octanol–water partition coefficient (Wildman–Crippen LogP) is -7.21. The minimum absolute atomic E-state index is 0.938. The van der Waals surface area contributed by atoms with Crippen molar-refractivity contribution in [3.05, 3.63) is 0 Å². The van der Waals surface area contributed by atoms with E-state index in [-0.39, 0.29) is 0 Å². The summed E-state index contributed by atoms with van der Waals surface area (Å²) in [6.07, 6.45) is 0. The summed E-state index contributed by atoms with van der Waals surface area (Å²) in [5.74, 6) is 0. The Hall–Kier alpha value is 0.399. The second-order valence-electron chi connectivity index (χ2n) is 2.63. The molecule has 0 aromatic carbocycles. The predicted molar refractivity (Wildman–Crippen MR) is 69.4 cm³/mol. The maximum Gasteiger partial charge on any atom is 0.265 e. The Morgan fingerprint density at radius 2 is 1.18 bits per heavy atom. The van der Waals surface area contributed by atoms with Crippen molar-refractivity contribution in [2.24, 2.45) is 0 Å². The average molecular weight is 142 g/mol. The van der Waals surface area contributed by atoms with Crippen molar-refractivity contribution in [3.63, 3.8) is 0 Å². The van der Waals surface area contributed by atoms with Crippen molar-refractivity contribution in [3.8, 4) is 0 Å². The second kappa shape index (κ2) is 10.4. The van der Waals surface area contributed by atoms with Crippen LogP contribution >= 0.6 is 0 Å². The Morgan fingerprint density at radius 1 is 0.818 bits per heavy atom. The van der Waals surface area contributed by atoms with Gasteiger partial charge in [-0.15, -0.1) is 0 Å². The van der Waals surface area contributed by atoms with E-state index in [1.807, 2.05) is 0 Å². The lowest BCUT2D eigenvalue weighted by Gasteiger charge is -2.08. The molecule has 11 heavy (non-hydrogen) atoms. The van der Waals surface area contributed by atoms with Crippen molar-refractivity contribution in [2.45, 2.75) is 0 Å². The molecule has 0 radical (unpaired) electrons. The topological polar surface area (TPSA) is 36.1 Å². The molecule has 52 valence electrons. The van der Waals surface area contributed by atoms with Gasteiger partial charge in [0.2, 0.25) is 0 Å². The van der Waals surface area contributed by atoms with E-state index >= 15 is 0 Å². The van der Waals surface area contributed by atoms with E-state index in [4.69, 9.17) is 0 Å². The largest absolute Gasteiger partial charge is 0.378 e. The molecule has 1 saturated heterocycles. The van der Waals surface area contributed by atoms with Gasteiger partial charge in [-0.05, 0) is 0 Å². The summed E-state index contributed by atoms with van der Waals surface area (Å²) in [6.45, 7) is 0. The van der Waals surface area contributed by atoms with Gasteiger partial charge < -0.3 is 15.4 Å². The minimum Gasteiger partial charge on any atom is -0.378 e. The minimum atomic E-state index is 0.938. The summed E-state index contributed by atoms with van der Waals surface area (Å²) in [6, 6.07) is 0. The van der Waals surface area contributed by atoms with Crippen LogP contribution in [0.5, 0.6) is 0 Å². The van der Waals surface area contributed by atoms with E-state index < -0.39 is 0 Å². The third kappa shape index (κ3) is 10.4. The first kappa shape index (κ1) is 11.4. The summed E-state index contributed by atoms with van der Waals surface area (Å²) in [5, 5.41) is 9.19. The Labute approximate surface area is 75.3 Å². The number of hydrogen-bond acceptors (Lipinski definition) is 3. The summed E-state index contributed by atoms with van der Waals surface area (Å²) < 4.78 is 0. The van der Waals surface area contributed by atoms with Crippen molar-refractivity contribution in [1.29, 1.82) is 0 Å². The molecule has 11 heteroatoms. The molecule has 0 aliphatic carbocycles. The fraction of sp³-hybridized carbons (Fsp3) is 0. The van der Waals surface area contributed by atoms with Crippen molar-refractivity contribution in [1.82, 2.24) is 15.4 Å². The highest BCUT2D eigenvalue weighted by atomic mass is 15.0. The molecule has 1 heterocycles. The van der Waals surface area contributed by atoms with Gasteiger partial charge in [0, 0.05) is 21.2 Å². The number of rotatable bonds is 2. The normalized spacial score (nSPS) is 13.5. The first-order valence-electron chi connectivity index (χ1n) is 4.54. The smallest absolute Gasteiger partial charge is 0.265 e. The zero-order chi connectivity index (χ0) is 8.36. The molecule has 0 bridgehead atoms. The Morgan fingerprint density at radius 3 is 1.27 bits per heavy atom. The zero-order valence-electron chi connectivity index (χ0n) is 7.74. The summed E-state index contributed by atoms with van der Waals surface area (Å²) >= 11 is 0. The third-order valence-electron chi connectivity index (χ3n) is 1.46. The van der Waals surface area contributed by atoms with Crippen LogP contribution in [-0.2, 0) is 0 Å². The quantitative estimate of drug-likeness (QED) is 0.335. The molecule has 3 nitrogen and oxygen atoms in total. The number of nitrogens with one attached hydrogen (secondary N) is 3. The van der Waals surface area contributed by atoms with Crippen molar-refractivity contribution >= 4 is 59.3 Å². The Balaban J connectivity index is 0.000000187. The monoisotopic (exact) mass is 143 g/mol. The molecule has 1 aliphatic rings. The van der Waals surface area contributed by atoms with E-state index in [1.54, 1.807) is 0 Å². The van der Waals surface area contributed by atoms with Crippen molar-refractivity contribution in [2.75, 3.05) is 0 Å².